The van der Waals surface area contributed by atoms with Gasteiger partial charge in [0.25, 0.3) is 0 Å². The molecule has 0 aliphatic carbocycles. The second-order valence-corrected chi connectivity index (χ2v) is 17.5. The fourth-order valence-electron chi connectivity index (χ4n) is 9.15. The van der Waals surface area contributed by atoms with E-state index in [1.165, 1.54) is 22.2 Å². The number of aromatic carboxylic acids is 1. The molecule has 0 radical (unpaired) electrons. The van der Waals surface area contributed by atoms with Gasteiger partial charge in [0.1, 0.15) is 26.7 Å². The number of halogens is 4. The quantitative estimate of drug-likeness (QED) is 0.160. The zero-order valence-corrected chi connectivity index (χ0v) is 25.4. The Morgan fingerprint density at radius 3 is 2.21 bits per heavy atom. The first-order valence-corrected chi connectivity index (χ1v) is 18.5. The largest absolute Gasteiger partial charge is 0.478 e. The van der Waals surface area contributed by atoms with Gasteiger partial charge in [-0.25, -0.2) is 26.9 Å². The minimum absolute atomic E-state index is 0.202. The maximum Gasteiger partial charge on any atom is 0.339 e. The summed E-state index contributed by atoms with van der Waals surface area (Å²) in [7, 11) is -2.55. The van der Waals surface area contributed by atoms with E-state index in [9.17, 15) is 14.3 Å². The highest BCUT2D eigenvalue weighted by Gasteiger charge is 2.45. The van der Waals surface area contributed by atoms with Gasteiger partial charge < -0.3 is 10.0 Å². The first kappa shape index (κ1) is 27.1. The lowest BCUT2D eigenvalue weighted by Crippen LogP contribution is -2.68. The molecule has 0 unspecified atom stereocenters. The number of hydrogen-bond acceptors (Lipinski definition) is 2. The van der Waals surface area contributed by atoms with Gasteiger partial charge in [0.05, 0.1) is 0 Å². The zero-order valence-electron chi connectivity index (χ0n) is 24.4. The molecule has 0 spiro atoms. The van der Waals surface area contributed by atoms with Gasteiger partial charge in [-0.3, -0.25) is 0 Å². The van der Waals surface area contributed by atoms with Crippen LogP contribution in [0.25, 0.3) is 5.57 Å². The Hall–Kier alpha value is -3.46. The molecule has 1 N–H and O–H groups in total. The Kier molecular flexibility index (Phi) is 5.84. The van der Waals surface area contributed by atoms with Crippen molar-refractivity contribution in [2.75, 3.05) is 31.1 Å². The Labute approximate surface area is 248 Å². The molecule has 5 aliphatic rings. The fraction of sp³-hybridized carbons (Fsp3) is 0.412. The highest BCUT2D eigenvalue weighted by atomic mass is 28.3. The van der Waals surface area contributed by atoms with Crippen molar-refractivity contribution in [3.8, 4) is 0 Å². The summed E-state index contributed by atoms with van der Waals surface area (Å²) in [5.74, 6) is -9.41. The van der Waals surface area contributed by atoms with E-state index in [4.69, 9.17) is 0 Å². The van der Waals surface area contributed by atoms with Crippen LogP contribution in [0.15, 0.2) is 12.1 Å². The number of nitrogens with zero attached hydrogens (tertiary/aromatic N) is 2. The van der Waals surface area contributed by atoms with Gasteiger partial charge in [0.15, 0.2) is 23.3 Å². The normalized spacial score (nSPS) is 19.4. The average molecular weight is 606 g/mol. The van der Waals surface area contributed by atoms with E-state index in [2.05, 4.69) is 22.6 Å². The van der Waals surface area contributed by atoms with Crippen LogP contribution in [0.2, 0.25) is 13.1 Å². The van der Waals surface area contributed by atoms with E-state index >= 15 is 13.2 Å². The van der Waals surface area contributed by atoms with Crippen molar-refractivity contribution in [3.63, 3.8) is 0 Å². The molecule has 0 bridgehead atoms. The van der Waals surface area contributed by atoms with Crippen molar-refractivity contribution in [1.29, 1.82) is 0 Å². The molecule has 0 saturated heterocycles. The number of fused-ring (bicyclic) bond motifs is 4. The molecule has 8 rings (SSSR count). The van der Waals surface area contributed by atoms with Crippen molar-refractivity contribution in [1.82, 2.24) is 4.58 Å². The molecule has 9 heteroatoms. The number of carbonyl (C=O) groups is 1. The first-order valence-electron chi connectivity index (χ1n) is 15.5. The number of carboxylic acid groups (broad SMARTS) is 1. The Morgan fingerprint density at radius 2 is 1.47 bits per heavy atom. The van der Waals surface area contributed by atoms with Gasteiger partial charge in [-0.15, -0.1) is 0 Å². The summed E-state index contributed by atoms with van der Waals surface area (Å²) < 4.78 is 63.7. The number of carboxylic acids is 1. The predicted octanol–water partition coefficient (Wildman–Crippen LogP) is 3.41. The average Bonchev–Trinajstić information content (AvgIpc) is 2.98. The standard InChI is InChI=1S/C34H32F4N2O2Si/c1-43(2)32-19-9-5-13-39-11-3-7-17(30(19)39)15-21(32)23(24-25(34(41)42)27(36)29(38)28(37)26(24)35)22-16-18-8-4-12-40-14-6-10-20(31(18)40)33(22)43/h15-16H,3-14H2,1-2H3/p+1. The van der Waals surface area contributed by atoms with Gasteiger partial charge >= 0.3 is 5.97 Å². The van der Waals surface area contributed by atoms with Crippen LogP contribution in [-0.4, -0.2) is 45.3 Å². The lowest BCUT2D eigenvalue weighted by atomic mass is 9.83. The summed E-state index contributed by atoms with van der Waals surface area (Å²) >= 11 is 0. The highest BCUT2D eigenvalue weighted by molar-refractivity contribution is 7.02. The molecular formula is C34H33F4N2O2Si+. The Bertz CT molecular complexity index is 1950. The van der Waals surface area contributed by atoms with Crippen molar-refractivity contribution in [2.45, 2.75) is 64.5 Å². The van der Waals surface area contributed by atoms with Crippen LogP contribution in [0.4, 0.5) is 23.2 Å². The van der Waals surface area contributed by atoms with Crippen molar-refractivity contribution >= 4 is 35.7 Å². The zero-order chi connectivity index (χ0) is 29.9. The second-order valence-electron chi connectivity index (χ2n) is 13.3. The molecule has 43 heavy (non-hydrogen) atoms. The molecule has 0 atom stereocenters. The fourth-order valence-corrected chi connectivity index (χ4v) is 13.1. The van der Waals surface area contributed by atoms with Crippen molar-refractivity contribution in [2.24, 2.45) is 0 Å². The monoisotopic (exact) mass is 605 g/mol. The molecule has 5 aliphatic heterocycles. The summed E-state index contributed by atoms with van der Waals surface area (Å²) in [5.41, 5.74) is 4.94. The molecule has 0 aromatic heterocycles. The van der Waals surface area contributed by atoms with Gasteiger partial charge in [-0.1, -0.05) is 13.1 Å². The SMILES string of the molecule is C[Si]1(C)c2c(cc3c4c2CCCN4CCC3)C(c2c(F)c(F)c(F)c(F)c2C(=O)O)=c2cc3c4c(c21)CCC[N+]=4CCC3. The molecular weight excluding hydrogens is 572 g/mol. The van der Waals surface area contributed by atoms with Crippen LogP contribution in [-0.2, 0) is 25.7 Å². The predicted molar refractivity (Wildman–Crippen MR) is 160 cm³/mol. The first-order chi connectivity index (χ1) is 20.6. The molecule has 222 valence electrons. The Morgan fingerprint density at radius 1 is 0.814 bits per heavy atom. The van der Waals surface area contributed by atoms with E-state index in [-0.39, 0.29) is 5.57 Å². The minimum atomic E-state index is -2.55. The maximum atomic E-state index is 16.1. The molecule has 0 saturated carbocycles. The van der Waals surface area contributed by atoms with Crippen LogP contribution in [0, 0.1) is 23.3 Å². The Balaban J connectivity index is 1.65. The van der Waals surface area contributed by atoms with E-state index < -0.39 is 48.4 Å². The summed E-state index contributed by atoms with van der Waals surface area (Å²) in [6.07, 6.45) is 7.17. The third-order valence-electron chi connectivity index (χ3n) is 10.6. The van der Waals surface area contributed by atoms with Crippen LogP contribution < -0.4 is 30.4 Å². The maximum absolute atomic E-state index is 16.1. The third kappa shape index (κ3) is 3.54. The number of rotatable bonds is 2. The van der Waals surface area contributed by atoms with Crippen LogP contribution in [0.3, 0.4) is 0 Å². The summed E-state index contributed by atoms with van der Waals surface area (Å²) in [6, 6.07) is 4.08. The van der Waals surface area contributed by atoms with Crippen LogP contribution >= 0.6 is 0 Å². The number of anilines is 1. The molecule has 0 amide bonds. The van der Waals surface area contributed by atoms with E-state index in [0.29, 0.717) is 10.8 Å². The van der Waals surface area contributed by atoms with Gasteiger partial charge in [0, 0.05) is 53.9 Å². The molecule has 3 aromatic rings. The lowest BCUT2D eigenvalue weighted by molar-refractivity contribution is 0.0689. The highest BCUT2D eigenvalue weighted by Crippen LogP contribution is 2.41. The number of aryl methyl sites for hydroxylation is 2. The summed E-state index contributed by atoms with van der Waals surface area (Å²) in [4.78, 5) is 15.0. The topological polar surface area (TPSA) is 43.6 Å². The lowest BCUT2D eigenvalue weighted by Gasteiger charge is -2.43. The van der Waals surface area contributed by atoms with Crippen LogP contribution in [0.1, 0.15) is 69.4 Å². The summed E-state index contributed by atoms with van der Waals surface area (Å²) in [6.45, 7) is 8.50. The van der Waals surface area contributed by atoms with Gasteiger partial charge in [-0.05, 0) is 82.9 Å². The van der Waals surface area contributed by atoms with Crippen molar-refractivity contribution < 1.29 is 27.5 Å². The molecule has 3 aromatic carbocycles. The second kappa shape index (κ2) is 9.27. The minimum Gasteiger partial charge on any atom is -0.478 e. The van der Waals surface area contributed by atoms with E-state index in [0.717, 1.165) is 99.0 Å². The van der Waals surface area contributed by atoms with Crippen LogP contribution in [0.5, 0.6) is 0 Å². The third-order valence-corrected chi connectivity index (χ3v) is 14.2. The van der Waals surface area contributed by atoms with E-state index in [1.54, 1.807) is 0 Å². The molecule has 4 nitrogen and oxygen atoms in total. The van der Waals surface area contributed by atoms with Gasteiger partial charge in [0.2, 0.25) is 5.36 Å². The van der Waals surface area contributed by atoms with Gasteiger partial charge in [-0.2, -0.15) is 0 Å². The van der Waals surface area contributed by atoms with E-state index in [1.807, 2.05) is 12.1 Å². The van der Waals surface area contributed by atoms with Crippen molar-refractivity contribution in [3.05, 3.63) is 84.9 Å². The molecule has 5 heterocycles. The molecule has 0 fully saturated rings. The number of hydrogen-bond donors (Lipinski definition) is 1. The summed E-state index contributed by atoms with van der Waals surface area (Å²) in [5, 5.41) is 14.3. The number of benzene rings is 3. The smallest absolute Gasteiger partial charge is 0.339 e.